The van der Waals surface area contributed by atoms with Crippen molar-refractivity contribution in [2.75, 3.05) is 18.0 Å². The second kappa shape index (κ2) is 4.50. The van der Waals surface area contributed by atoms with Crippen LogP contribution >= 0.6 is 11.6 Å². The maximum atomic E-state index is 8.83. The van der Waals surface area contributed by atoms with Crippen molar-refractivity contribution in [3.8, 4) is 6.07 Å². The number of hydrogen-bond donors (Lipinski definition) is 0. The molecule has 0 spiro atoms. The van der Waals surface area contributed by atoms with Gasteiger partial charge >= 0.3 is 0 Å². The number of nitrogens with zero attached hydrogens (tertiary/aromatic N) is 3. The van der Waals surface area contributed by atoms with Gasteiger partial charge in [-0.2, -0.15) is 5.26 Å². The van der Waals surface area contributed by atoms with E-state index >= 15 is 0 Å². The van der Waals surface area contributed by atoms with E-state index in [0.717, 1.165) is 18.9 Å². The molecule has 0 saturated carbocycles. The normalized spacial score (nSPS) is 16.1. The second-order valence-electron chi connectivity index (χ2n) is 3.70. The van der Waals surface area contributed by atoms with Crippen LogP contribution in [0.3, 0.4) is 0 Å². The molecule has 0 atom stereocenters. The Morgan fingerprint density at radius 2 is 2.00 bits per heavy atom. The summed E-state index contributed by atoms with van der Waals surface area (Å²) in [6, 6.07) is 5.49. The first kappa shape index (κ1) is 10.3. The third kappa shape index (κ3) is 2.40. The molecular weight excluding hydrogens is 210 g/mol. The van der Waals surface area contributed by atoms with Crippen molar-refractivity contribution >= 4 is 17.4 Å². The highest BCUT2D eigenvalue weighted by molar-refractivity contribution is 6.29. The first-order chi connectivity index (χ1) is 7.29. The van der Waals surface area contributed by atoms with Crippen LogP contribution < -0.4 is 4.90 Å². The lowest BCUT2D eigenvalue weighted by Crippen LogP contribution is -2.30. The molecule has 2 heterocycles. The van der Waals surface area contributed by atoms with E-state index in [9.17, 15) is 0 Å². The predicted octanol–water partition coefficient (Wildman–Crippen LogP) is 2.60. The van der Waals surface area contributed by atoms with E-state index in [2.05, 4.69) is 16.0 Å². The van der Waals surface area contributed by atoms with Gasteiger partial charge in [0.25, 0.3) is 0 Å². The molecule has 1 aromatic heterocycles. The van der Waals surface area contributed by atoms with Crippen molar-refractivity contribution in [3.63, 3.8) is 0 Å². The van der Waals surface area contributed by atoms with Crippen LogP contribution in [-0.4, -0.2) is 18.1 Å². The smallest absolute Gasteiger partial charge is 0.132 e. The zero-order valence-electron chi connectivity index (χ0n) is 8.41. The van der Waals surface area contributed by atoms with Crippen LogP contribution in [0.2, 0.25) is 5.15 Å². The molecule has 15 heavy (non-hydrogen) atoms. The van der Waals surface area contributed by atoms with Gasteiger partial charge in [-0.05, 0) is 31.4 Å². The van der Waals surface area contributed by atoms with E-state index in [1.807, 2.05) is 0 Å². The highest BCUT2D eigenvalue weighted by Crippen LogP contribution is 2.21. The van der Waals surface area contributed by atoms with E-state index in [-0.39, 0.29) is 0 Å². The lowest BCUT2D eigenvalue weighted by atomic mass is 10.1. The van der Waals surface area contributed by atoms with Crippen LogP contribution in [0.4, 0.5) is 5.82 Å². The molecule has 0 unspecified atom stereocenters. The molecule has 0 amide bonds. The lowest BCUT2D eigenvalue weighted by Gasteiger charge is -2.27. The second-order valence-corrected chi connectivity index (χ2v) is 4.08. The molecule has 1 aromatic rings. The Hall–Kier alpha value is -1.27. The number of halogens is 1. The van der Waals surface area contributed by atoms with Crippen molar-refractivity contribution in [1.29, 1.82) is 5.26 Å². The van der Waals surface area contributed by atoms with Gasteiger partial charge in [0.05, 0.1) is 11.6 Å². The number of pyridine rings is 1. The molecule has 3 nitrogen and oxygen atoms in total. The number of aromatic nitrogens is 1. The Morgan fingerprint density at radius 1 is 1.27 bits per heavy atom. The molecule has 1 aliphatic heterocycles. The SMILES string of the molecule is N#Cc1cc(Cl)nc(N2CCCCC2)c1. The van der Waals surface area contributed by atoms with Crippen LogP contribution in [0.1, 0.15) is 24.8 Å². The average molecular weight is 222 g/mol. The number of hydrogen-bond acceptors (Lipinski definition) is 3. The summed E-state index contributed by atoms with van der Waals surface area (Å²) in [5.74, 6) is 0.832. The van der Waals surface area contributed by atoms with E-state index < -0.39 is 0 Å². The first-order valence-electron chi connectivity index (χ1n) is 5.12. The fourth-order valence-electron chi connectivity index (χ4n) is 1.83. The molecule has 4 heteroatoms. The van der Waals surface area contributed by atoms with E-state index in [1.54, 1.807) is 12.1 Å². The van der Waals surface area contributed by atoms with Gasteiger partial charge in [0.1, 0.15) is 11.0 Å². The summed E-state index contributed by atoms with van der Waals surface area (Å²) in [6.07, 6.45) is 3.66. The Labute approximate surface area is 94.3 Å². The van der Waals surface area contributed by atoms with Crippen LogP contribution in [0.15, 0.2) is 12.1 Å². The molecule has 78 valence electrons. The van der Waals surface area contributed by atoms with E-state index in [4.69, 9.17) is 16.9 Å². The first-order valence-corrected chi connectivity index (χ1v) is 5.50. The molecule has 1 aliphatic rings. The van der Waals surface area contributed by atoms with E-state index in [1.165, 1.54) is 19.3 Å². The zero-order chi connectivity index (χ0) is 10.7. The maximum Gasteiger partial charge on any atom is 0.132 e. The van der Waals surface area contributed by atoms with Crippen molar-refractivity contribution in [2.24, 2.45) is 0 Å². The maximum absolute atomic E-state index is 8.83. The Balaban J connectivity index is 2.27. The van der Waals surface area contributed by atoms with Gasteiger partial charge in [-0.3, -0.25) is 0 Å². The number of nitriles is 1. The molecule has 0 radical (unpaired) electrons. The largest absolute Gasteiger partial charge is 0.357 e. The standard InChI is InChI=1S/C11H12ClN3/c12-10-6-9(8-13)7-11(14-10)15-4-2-1-3-5-15/h6-7H,1-5H2. The topological polar surface area (TPSA) is 39.9 Å². The van der Waals surface area contributed by atoms with Crippen LogP contribution in [-0.2, 0) is 0 Å². The fraction of sp³-hybridized carbons (Fsp3) is 0.455. The van der Waals surface area contributed by atoms with Crippen molar-refractivity contribution < 1.29 is 0 Å². The average Bonchev–Trinajstić information content (AvgIpc) is 2.29. The highest BCUT2D eigenvalue weighted by atomic mass is 35.5. The minimum Gasteiger partial charge on any atom is -0.357 e. The summed E-state index contributed by atoms with van der Waals surface area (Å²) in [6.45, 7) is 2.02. The van der Waals surface area contributed by atoms with Gasteiger partial charge in [0.15, 0.2) is 0 Å². The summed E-state index contributed by atoms with van der Waals surface area (Å²) in [5, 5.41) is 9.23. The summed E-state index contributed by atoms with van der Waals surface area (Å²) < 4.78 is 0. The number of rotatable bonds is 1. The minimum absolute atomic E-state index is 0.398. The molecule has 2 rings (SSSR count). The van der Waals surface area contributed by atoms with Gasteiger partial charge in [0.2, 0.25) is 0 Å². The van der Waals surface area contributed by atoms with Crippen molar-refractivity contribution in [3.05, 3.63) is 22.8 Å². The molecule has 0 aromatic carbocycles. The molecule has 0 aliphatic carbocycles. The summed E-state index contributed by atoms with van der Waals surface area (Å²) in [5.41, 5.74) is 0.579. The Morgan fingerprint density at radius 3 is 2.67 bits per heavy atom. The van der Waals surface area contributed by atoms with E-state index in [0.29, 0.717) is 10.7 Å². The van der Waals surface area contributed by atoms with Crippen LogP contribution in [0, 0.1) is 11.3 Å². The zero-order valence-corrected chi connectivity index (χ0v) is 9.17. The van der Waals surface area contributed by atoms with Crippen LogP contribution in [0.25, 0.3) is 0 Å². The van der Waals surface area contributed by atoms with Gasteiger partial charge < -0.3 is 4.90 Å². The van der Waals surface area contributed by atoms with Crippen molar-refractivity contribution in [2.45, 2.75) is 19.3 Å². The molecule has 0 N–H and O–H groups in total. The highest BCUT2D eigenvalue weighted by Gasteiger charge is 2.13. The van der Waals surface area contributed by atoms with Gasteiger partial charge in [-0.1, -0.05) is 11.6 Å². The van der Waals surface area contributed by atoms with Gasteiger partial charge in [0, 0.05) is 13.1 Å². The summed E-state index contributed by atoms with van der Waals surface area (Å²) in [4.78, 5) is 6.44. The predicted molar refractivity (Wildman–Crippen MR) is 60.0 cm³/mol. The monoisotopic (exact) mass is 221 g/mol. The molecular formula is C11H12ClN3. The third-order valence-electron chi connectivity index (χ3n) is 2.59. The van der Waals surface area contributed by atoms with Crippen molar-refractivity contribution in [1.82, 2.24) is 4.98 Å². The molecule has 1 fully saturated rings. The Kier molecular flexibility index (Phi) is 3.08. The quantitative estimate of drug-likeness (QED) is 0.685. The summed E-state index contributed by atoms with van der Waals surface area (Å²) >= 11 is 5.86. The fourth-order valence-corrected chi connectivity index (χ4v) is 2.04. The molecule has 0 bridgehead atoms. The number of anilines is 1. The van der Waals surface area contributed by atoms with Gasteiger partial charge in [-0.15, -0.1) is 0 Å². The van der Waals surface area contributed by atoms with Crippen LogP contribution in [0.5, 0.6) is 0 Å². The number of piperidine rings is 1. The Bertz CT molecular complexity index is 391. The molecule has 1 saturated heterocycles. The summed E-state index contributed by atoms with van der Waals surface area (Å²) in [7, 11) is 0. The van der Waals surface area contributed by atoms with Gasteiger partial charge in [-0.25, -0.2) is 4.98 Å². The third-order valence-corrected chi connectivity index (χ3v) is 2.78. The minimum atomic E-state index is 0.398. The lowest BCUT2D eigenvalue weighted by molar-refractivity contribution is 0.573.